The number of nitrogens with zero attached hydrogens (tertiary/aromatic N) is 2. The Hall–Kier alpha value is -1.10. The lowest BCUT2D eigenvalue weighted by Gasteiger charge is -2.34. The van der Waals surface area contributed by atoms with Crippen LogP contribution >= 0.6 is 0 Å². The fourth-order valence-corrected chi connectivity index (χ4v) is 2.57. The first-order valence-electron chi connectivity index (χ1n) is 6.82. The number of hydrogen-bond donors (Lipinski definition) is 0. The molecule has 2 saturated heterocycles. The predicted molar refractivity (Wildman–Crippen MR) is 66.4 cm³/mol. The molecule has 0 radical (unpaired) electrons. The van der Waals surface area contributed by atoms with Gasteiger partial charge in [-0.3, -0.25) is 14.4 Å². The zero-order chi connectivity index (χ0) is 13.1. The summed E-state index contributed by atoms with van der Waals surface area (Å²) in [5.41, 5.74) is 0. The first kappa shape index (κ1) is 13.3. The van der Waals surface area contributed by atoms with Gasteiger partial charge in [-0.1, -0.05) is 13.8 Å². The van der Waals surface area contributed by atoms with Crippen LogP contribution in [0.2, 0.25) is 0 Å². The number of carbonyl (C=O) groups is 2. The van der Waals surface area contributed by atoms with Gasteiger partial charge in [0.15, 0.2) is 0 Å². The molecule has 0 aromatic carbocycles. The molecule has 0 aromatic heterocycles. The fourth-order valence-electron chi connectivity index (χ4n) is 2.57. The first-order chi connectivity index (χ1) is 8.59. The predicted octanol–water partition coefficient (Wildman–Crippen LogP) is 1.04. The SMILES string of the molecule is CC(C)C(=O)N1CCCC(C(=O)N2CCCO2)C1. The maximum absolute atomic E-state index is 12.2. The Kier molecular flexibility index (Phi) is 4.22. The second-order valence-corrected chi connectivity index (χ2v) is 5.41. The Bertz CT molecular complexity index is 324. The van der Waals surface area contributed by atoms with Gasteiger partial charge in [-0.15, -0.1) is 0 Å². The van der Waals surface area contributed by atoms with Gasteiger partial charge in [-0.25, -0.2) is 5.06 Å². The van der Waals surface area contributed by atoms with Crippen molar-refractivity contribution in [3.63, 3.8) is 0 Å². The van der Waals surface area contributed by atoms with Crippen LogP contribution in [0.25, 0.3) is 0 Å². The molecule has 5 nitrogen and oxygen atoms in total. The van der Waals surface area contributed by atoms with E-state index in [1.165, 1.54) is 5.06 Å². The molecule has 1 unspecified atom stereocenters. The Morgan fingerprint density at radius 2 is 2.00 bits per heavy atom. The molecule has 18 heavy (non-hydrogen) atoms. The lowest BCUT2D eigenvalue weighted by Crippen LogP contribution is -2.47. The zero-order valence-electron chi connectivity index (χ0n) is 11.2. The third-order valence-electron chi connectivity index (χ3n) is 3.57. The molecule has 2 fully saturated rings. The van der Waals surface area contributed by atoms with Gasteiger partial charge in [-0.2, -0.15) is 0 Å². The van der Waals surface area contributed by atoms with Crippen molar-refractivity contribution in [3.8, 4) is 0 Å². The van der Waals surface area contributed by atoms with Crippen LogP contribution in [0.4, 0.5) is 0 Å². The van der Waals surface area contributed by atoms with E-state index in [0.29, 0.717) is 19.7 Å². The lowest BCUT2D eigenvalue weighted by atomic mass is 9.96. The van der Waals surface area contributed by atoms with Crippen molar-refractivity contribution in [2.24, 2.45) is 11.8 Å². The standard InChI is InChI=1S/C13H22N2O3/c1-10(2)12(16)14-6-3-5-11(9-14)13(17)15-7-4-8-18-15/h10-11H,3-9H2,1-2H3. The normalized spacial score (nSPS) is 24.7. The van der Waals surface area contributed by atoms with Gasteiger partial charge < -0.3 is 4.90 Å². The first-order valence-corrected chi connectivity index (χ1v) is 6.82. The van der Waals surface area contributed by atoms with Crippen LogP contribution in [-0.4, -0.2) is 48.0 Å². The van der Waals surface area contributed by atoms with E-state index in [-0.39, 0.29) is 23.7 Å². The van der Waals surface area contributed by atoms with Crippen LogP contribution < -0.4 is 0 Å². The van der Waals surface area contributed by atoms with E-state index in [4.69, 9.17) is 4.84 Å². The molecule has 1 atom stereocenters. The average molecular weight is 254 g/mol. The summed E-state index contributed by atoms with van der Waals surface area (Å²) in [7, 11) is 0. The Morgan fingerprint density at radius 1 is 1.22 bits per heavy atom. The number of hydroxylamine groups is 2. The third kappa shape index (κ3) is 2.83. The average Bonchev–Trinajstić information content (AvgIpc) is 2.91. The van der Waals surface area contributed by atoms with Crippen molar-refractivity contribution < 1.29 is 14.4 Å². The zero-order valence-corrected chi connectivity index (χ0v) is 11.2. The van der Waals surface area contributed by atoms with Gasteiger partial charge in [-0.05, 0) is 19.3 Å². The maximum atomic E-state index is 12.2. The minimum absolute atomic E-state index is 0.00175. The third-order valence-corrected chi connectivity index (χ3v) is 3.57. The van der Waals surface area contributed by atoms with Gasteiger partial charge in [0.1, 0.15) is 0 Å². The summed E-state index contributed by atoms with van der Waals surface area (Å²) in [6.07, 6.45) is 2.68. The van der Waals surface area contributed by atoms with Gasteiger partial charge >= 0.3 is 0 Å². The fraction of sp³-hybridized carbons (Fsp3) is 0.846. The molecule has 0 saturated carbocycles. The Labute approximate surface area is 108 Å². The Morgan fingerprint density at radius 3 is 2.61 bits per heavy atom. The highest BCUT2D eigenvalue weighted by Gasteiger charge is 2.33. The van der Waals surface area contributed by atoms with Crippen molar-refractivity contribution in [1.82, 2.24) is 9.96 Å². The number of carbonyl (C=O) groups excluding carboxylic acids is 2. The molecule has 0 spiro atoms. The number of piperidine rings is 1. The molecule has 0 aromatic rings. The minimum Gasteiger partial charge on any atom is -0.342 e. The topological polar surface area (TPSA) is 49.9 Å². The maximum Gasteiger partial charge on any atom is 0.251 e. The summed E-state index contributed by atoms with van der Waals surface area (Å²) in [5.74, 6) is 0.116. The van der Waals surface area contributed by atoms with E-state index in [0.717, 1.165) is 25.8 Å². The van der Waals surface area contributed by atoms with Crippen LogP contribution in [0.5, 0.6) is 0 Å². The van der Waals surface area contributed by atoms with Gasteiger partial charge in [0, 0.05) is 19.0 Å². The van der Waals surface area contributed by atoms with E-state index in [1.807, 2.05) is 18.7 Å². The van der Waals surface area contributed by atoms with E-state index in [9.17, 15) is 9.59 Å². The van der Waals surface area contributed by atoms with Crippen molar-refractivity contribution >= 4 is 11.8 Å². The largest absolute Gasteiger partial charge is 0.342 e. The monoisotopic (exact) mass is 254 g/mol. The smallest absolute Gasteiger partial charge is 0.251 e. The van der Waals surface area contributed by atoms with Crippen molar-refractivity contribution in [2.45, 2.75) is 33.1 Å². The van der Waals surface area contributed by atoms with E-state index >= 15 is 0 Å². The highest BCUT2D eigenvalue weighted by atomic mass is 16.7. The molecule has 2 aliphatic heterocycles. The summed E-state index contributed by atoms with van der Waals surface area (Å²) in [6, 6.07) is 0. The van der Waals surface area contributed by atoms with Crippen LogP contribution in [0.3, 0.4) is 0 Å². The second kappa shape index (κ2) is 5.69. The van der Waals surface area contributed by atoms with Gasteiger partial charge in [0.25, 0.3) is 5.91 Å². The molecule has 5 heteroatoms. The summed E-state index contributed by atoms with van der Waals surface area (Å²) >= 11 is 0. The van der Waals surface area contributed by atoms with Crippen LogP contribution in [0.1, 0.15) is 33.1 Å². The summed E-state index contributed by atoms with van der Waals surface area (Å²) in [5, 5.41) is 1.48. The second-order valence-electron chi connectivity index (χ2n) is 5.41. The van der Waals surface area contributed by atoms with Crippen LogP contribution in [0, 0.1) is 11.8 Å². The number of hydrogen-bond acceptors (Lipinski definition) is 3. The van der Waals surface area contributed by atoms with E-state index in [1.54, 1.807) is 0 Å². The molecule has 0 N–H and O–H groups in total. The summed E-state index contributed by atoms with van der Waals surface area (Å²) in [4.78, 5) is 31.3. The van der Waals surface area contributed by atoms with Crippen molar-refractivity contribution in [2.75, 3.05) is 26.2 Å². The minimum atomic E-state index is -0.0838. The molecule has 2 aliphatic rings. The number of amides is 2. The molecular formula is C13H22N2O3. The molecule has 2 rings (SSSR count). The van der Waals surface area contributed by atoms with Crippen LogP contribution in [0.15, 0.2) is 0 Å². The van der Waals surface area contributed by atoms with E-state index < -0.39 is 0 Å². The van der Waals surface area contributed by atoms with Crippen molar-refractivity contribution in [3.05, 3.63) is 0 Å². The number of likely N-dealkylation sites (tertiary alicyclic amines) is 1. The molecule has 102 valence electrons. The summed E-state index contributed by atoms with van der Waals surface area (Å²) < 4.78 is 0. The highest BCUT2D eigenvalue weighted by Crippen LogP contribution is 2.21. The summed E-state index contributed by atoms with van der Waals surface area (Å²) in [6.45, 7) is 6.45. The molecule has 0 bridgehead atoms. The molecule has 2 amide bonds. The van der Waals surface area contributed by atoms with Gasteiger partial charge in [0.2, 0.25) is 5.91 Å². The van der Waals surface area contributed by atoms with E-state index in [2.05, 4.69) is 0 Å². The highest BCUT2D eigenvalue weighted by molar-refractivity contribution is 5.81. The van der Waals surface area contributed by atoms with Crippen LogP contribution in [-0.2, 0) is 14.4 Å². The molecular weight excluding hydrogens is 232 g/mol. The van der Waals surface area contributed by atoms with Gasteiger partial charge in [0.05, 0.1) is 19.1 Å². The number of rotatable bonds is 2. The lowest BCUT2D eigenvalue weighted by molar-refractivity contribution is -0.175. The Balaban J connectivity index is 1.93. The molecule has 0 aliphatic carbocycles. The quantitative estimate of drug-likeness (QED) is 0.740. The molecule has 2 heterocycles. The van der Waals surface area contributed by atoms with Crippen molar-refractivity contribution in [1.29, 1.82) is 0 Å².